The zero-order chi connectivity index (χ0) is 23.3. The Kier molecular flexibility index (Phi) is 5.64. The van der Waals surface area contributed by atoms with Gasteiger partial charge in [-0.1, -0.05) is 45.9 Å². The van der Waals surface area contributed by atoms with E-state index in [2.05, 4.69) is 37.7 Å². The van der Waals surface area contributed by atoms with Crippen molar-refractivity contribution in [3.8, 4) is 0 Å². The number of nitrogens with one attached hydrogen (secondary N) is 2. The van der Waals surface area contributed by atoms with Crippen LogP contribution in [0.15, 0.2) is 62.3 Å². The molecular formula is C24H19BrN4O2S2. The highest BCUT2D eigenvalue weighted by Gasteiger charge is 2.24. The van der Waals surface area contributed by atoms with Crippen molar-refractivity contribution in [2.75, 3.05) is 10.7 Å². The number of thiophene rings is 1. The van der Waals surface area contributed by atoms with Gasteiger partial charge in [-0.2, -0.15) is 4.68 Å². The largest absolute Gasteiger partial charge is 0.321 e. The maximum Gasteiger partial charge on any atom is 0.282 e. The van der Waals surface area contributed by atoms with Crippen LogP contribution in [0.1, 0.15) is 31.9 Å². The van der Waals surface area contributed by atoms with Gasteiger partial charge in [0.05, 0.1) is 16.0 Å². The van der Waals surface area contributed by atoms with Crippen LogP contribution in [0.5, 0.6) is 0 Å². The number of nitrogens with zero attached hydrogens (tertiary/aromatic N) is 2. The van der Waals surface area contributed by atoms with Crippen LogP contribution in [-0.4, -0.2) is 15.6 Å². The van der Waals surface area contributed by atoms with Crippen molar-refractivity contribution >= 4 is 66.5 Å². The highest BCUT2D eigenvalue weighted by Crippen LogP contribution is 2.33. The molecule has 0 atom stereocenters. The summed E-state index contributed by atoms with van der Waals surface area (Å²) in [6.45, 7) is 5.78. The molecule has 166 valence electrons. The van der Waals surface area contributed by atoms with E-state index >= 15 is 0 Å². The predicted molar refractivity (Wildman–Crippen MR) is 140 cm³/mol. The van der Waals surface area contributed by atoms with Crippen LogP contribution in [0, 0.1) is 20.8 Å². The first kappa shape index (κ1) is 21.9. The Hall–Kier alpha value is -2.88. The fourth-order valence-electron chi connectivity index (χ4n) is 3.84. The third kappa shape index (κ3) is 4.12. The van der Waals surface area contributed by atoms with E-state index in [4.69, 9.17) is 0 Å². The Bertz CT molecular complexity index is 1520. The van der Waals surface area contributed by atoms with Crippen LogP contribution in [0.25, 0.3) is 15.9 Å². The molecule has 5 rings (SSSR count). The number of anilines is 1. The van der Waals surface area contributed by atoms with Gasteiger partial charge in [-0.15, -0.1) is 11.3 Å². The molecule has 33 heavy (non-hydrogen) atoms. The van der Waals surface area contributed by atoms with E-state index in [1.54, 1.807) is 6.92 Å². The Morgan fingerprint density at radius 3 is 2.61 bits per heavy atom. The zero-order valence-corrected chi connectivity index (χ0v) is 21.2. The van der Waals surface area contributed by atoms with Gasteiger partial charge < -0.3 is 5.32 Å². The summed E-state index contributed by atoms with van der Waals surface area (Å²) in [4.78, 5) is 32.2. The third-order valence-electron chi connectivity index (χ3n) is 5.27. The molecule has 2 aromatic heterocycles. The zero-order valence-electron chi connectivity index (χ0n) is 18.0. The third-order valence-corrected chi connectivity index (χ3v) is 7.79. The number of carbonyl (C=O) groups is 1. The van der Waals surface area contributed by atoms with Crippen LogP contribution in [0.2, 0.25) is 0 Å². The summed E-state index contributed by atoms with van der Waals surface area (Å²) in [6.07, 6.45) is 0. The van der Waals surface area contributed by atoms with E-state index in [0.717, 1.165) is 32.5 Å². The molecule has 0 saturated carbocycles. The van der Waals surface area contributed by atoms with E-state index in [-0.39, 0.29) is 11.5 Å². The Morgan fingerprint density at radius 2 is 1.88 bits per heavy atom. The molecule has 0 radical (unpaired) electrons. The van der Waals surface area contributed by atoms with Crippen molar-refractivity contribution in [3.63, 3.8) is 0 Å². The fraction of sp³-hybridized carbons (Fsp3) is 0.125. The quantitative estimate of drug-likeness (QED) is 0.310. The molecule has 3 heterocycles. The van der Waals surface area contributed by atoms with Crippen molar-refractivity contribution in [3.05, 3.63) is 89.8 Å². The fourth-order valence-corrected chi connectivity index (χ4v) is 6.15. The Balaban J connectivity index is 1.52. The number of aromatic nitrogens is 2. The Labute approximate surface area is 206 Å². The maximum absolute atomic E-state index is 13.4. The molecule has 0 aliphatic carbocycles. The summed E-state index contributed by atoms with van der Waals surface area (Å²) in [5.41, 5.74) is 8.23. The van der Waals surface area contributed by atoms with Gasteiger partial charge in [0.15, 0.2) is 5.16 Å². The first-order valence-corrected chi connectivity index (χ1v) is 12.6. The van der Waals surface area contributed by atoms with Crippen LogP contribution in [0.3, 0.4) is 0 Å². The molecule has 0 bridgehead atoms. The van der Waals surface area contributed by atoms with Crippen molar-refractivity contribution in [2.24, 2.45) is 0 Å². The van der Waals surface area contributed by atoms with E-state index < -0.39 is 0 Å². The molecule has 1 aliphatic rings. The lowest BCUT2D eigenvalue weighted by Gasteiger charge is -2.20. The summed E-state index contributed by atoms with van der Waals surface area (Å²) in [5, 5.41) is 5.89. The number of amides is 1. The van der Waals surface area contributed by atoms with Gasteiger partial charge in [0.2, 0.25) is 0 Å². The molecule has 6 nitrogen and oxygen atoms in total. The second-order valence-corrected chi connectivity index (χ2v) is 10.6. The lowest BCUT2D eigenvalue weighted by atomic mass is 10.1. The minimum Gasteiger partial charge on any atom is -0.321 e. The summed E-state index contributed by atoms with van der Waals surface area (Å²) < 4.78 is 2.40. The molecule has 1 amide bonds. The van der Waals surface area contributed by atoms with E-state index in [1.807, 2.05) is 55.7 Å². The number of hydrogen-bond donors (Lipinski definition) is 2. The second kappa shape index (κ2) is 8.48. The molecule has 4 aromatic rings. The standard InChI is InChI=1S/C24H19BrN4O2S2/c1-12-7-13(2)9-17(8-12)26-21(30)20-14(3)19-22(33-20)27-24-29(23(19)31)28-18(11-32-24)15-5-4-6-16(25)10-15/h4-11,28H,1-3H3,(H,26,30). The smallest absolute Gasteiger partial charge is 0.282 e. The van der Waals surface area contributed by atoms with Crippen LogP contribution < -0.4 is 16.3 Å². The number of fused-ring (bicyclic) bond motifs is 2. The molecule has 0 saturated heterocycles. The van der Waals surface area contributed by atoms with Crippen LogP contribution in [-0.2, 0) is 0 Å². The lowest BCUT2D eigenvalue weighted by Crippen LogP contribution is -2.32. The van der Waals surface area contributed by atoms with Crippen LogP contribution >= 0.6 is 39.0 Å². The number of rotatable bonds is 3. The van der Waals surface area contributed by atoms with Crippen LogP contribution in [0.4, 0.5) is 5.69 Å². The van der Waals surface area contributed by atoms with Crippen molar-refractivity contribution in [1.82, 2.24) is 9.66 Å². The molecule has 2 N–H and O–H groups in total. The van der Waals surface area contributed by atoms with Crippen molar-refractivity contribution in [1.29, 1.82) is 0 Å². The van der Waals surface area contributed by atoms with Gasteiger partial charge in [-0.3, -0.25) is 15.0 Å². The number of benzene rings is 2. The van der Waals surface area contributed by atoms with Gasteiger partial charge in [0.25, 0.3) is 11.5 Å². The highest BCUT2D eigenvalue weighted by molar-refractivity contribution is 9.10. The van der Waals surface area contributed by atoms with Crippen molar-refractivity contribution in [2.45, 2.75) is 25.9 Å². The number of halogens is 1. The van der Waals surface area contributed by atoms with Gasteiger partial charge in [-0.05, 0) is 61.7 Å². The number of aryl methyl sites for hydroxylation is 3. The maximum atomic E-state index is 13.4. The Morgan fingerprint density at radius 1 is 1.12 bits per heavy atom. The van der Waals surface area contributed by atoms with Gasteiger partial charge >= 0.3 is 0 Å². The number of thioether (sulfide) groups is 1. The minimum atomic E-state index is -0.239. The molecule has 0 fully saturated rings. The minimum absolute atomic E-state index is 0.220. The van der Waals surface area contributed by atoms with Gasteiger partial charge in [-0.25, -0.2) is 4.98 Å². The topological polar surface area (TPSA) is 76.0 Å². The second-order valence-electron chi connectivity index (χ2n) is 7.87. The molecule has 2 aromatic carbocycles. The SMILES string of the molecule is Cc1cc(C)cc(NC(=O)c2sc3nc4n(c(=O)c3c2C)NC(c2cccc(Br)c2)=CS4)c1. The number of hydrogen-bond acceptors (Lipinski definition) is 6. The lowest BCUT2D eigenvalue weighted by molar-refractivity contribution is 0.103. The average Bonchev–Trinajstić information content (AvgIpc) is 3.09. The average molecular weight is 539 g/mol. The first-order valence-electron chi connectivity index (χ1n) is 10.2. The van der Waals surface area contributed by atoms with E-state index in [1.165, 1.54) is 27.8 Å². The van der Waals surface area contributed by atoms with Gasteiger partial charge in [0.1, 0.15) is 4.83 Å². The summed E-state index contributed by atoms with van der Waals surface area (Å²) in [5.74, 6) is -0.239. The summed E-state index contributed by atoms with van der Waals surface area (Å²) in [7, 11) is 0. The normalized spacial score (nSPS) is 12.8. The molecule has 0 unspecified atom stereocenters. The number of carbonyl (C=O) groups excluding carboxylic acids is 1. The monoisotopic (exact) mass is 538 g/mol. The molecule has 9 heteroatoms. The summed E-state index contributed by atoms with van der Waals surface area (Å²) in [6, 6.07) is 13.7. The predicted octanol–water partition coefficient (Wildman–Crippen LogP) is 6.05. The molecule has 1 aliphatic heterocycles. The van der Waals surface area contributed by atoms with Gasteiger partial charge in [0, 0.05) is 21.1 Å². The van der Waals surface area contributed by atoms with Crippen molar-refractivity contribution < 1.29 is 4.79 Å². The molecular weight excluding hydrogens is 520 g/mol. The van der Waals surface area contributed by atoms with E-state index in [9.17, 15) is 9.59 Å². The molecule has 0 spiro atoms. The van der Waals surface area contributed by atoms with E-state index in [0.29, 0.717) is 25.8 Å². The summed E-state index contributed by atoms with van der Waals surface area (Å²) >= 11 is 6.10. The highest BCUT2D eigenvalue weighted by atomic mass is 79.9. The first-order chi connectivity index (χ1) is 15.8.